The van der Waals surface area contributed by atoms with Gasteiger partial charge >= 0.3 is 0 Å². The molecule has 2 aliphatic rings. The molecule has 0 amide bonds. The molecule has 1 saturated heterocycles. The molecule has 1 aliphatic heterocycles. The number of ketones is 1. The average molecular weight is 382 g/mol. The second kappa shape index (κ2) is 7.09. The van der Waals surface area contributed by atoms with E-state index in [1.54, 1.807) is 48.5 Å². The van der Waals surface area contributed by atoms with Crippen LogP contribution in [-0.4, -0.2) is 51.1 Å². The van der Waals surface area contributed by atoms with Gasteiger partial charge in [-0.2, -0.15) is 12.8 Å². The van der Waals surface area contributed by atoms with Crippen molar-refractivity contribution in [2.75, 3.05) is 26.3 Å². The number of hydrogen-bond donors (Lipinski definition) is 0. The molecule has 0 bridgehead atoms. The minimum Gasteiger partial charge on any atom is -0.378 e. The summed E-state index contributed by atoms with van der Waals surface area (Å²) in [6.07, 6.45) is 1.58. The fourth-order valence-corrected chi connectivity index (χ4v) is 4.22. The van der Waals surface area contributed by atoms with Crippen LogP contribution < -0.4 is 0 Å². The lowest BCUT2D eigenvalue weighted by molar-refractivity contribution is 0.0507. The number of ether oxygens (including phenoxy) is 1. The molecule has 6 nitrogen and oxygen atoms in total. The third-order valence-corrected chi connectivity index (χ3v) is 5.87. The number of nitrogens with zero attached hydrogens (tertiary/aromatic N) is 2. The normalized spacial score (nSPS) is 19.0. The number of rotatable bonds is 3. The standard InChI is InChI=1S/C20H18N2O4S/c23-20-17-9-5-4-8-16(17)18(14-19(20)22-10-12-26-13-11-22)21-27(24,25)15-6-2-1-3-7-15/h1-9,14H,10-13H2/b21-18+. The zero-order valence-electron chi connectivity index (χ0n) is 14.5. The number of morpholine rings is 1. The van der Waals surface area contributed by atoms with E-state index in [-0.39, 0.29) is 16.4 Å². The summed E-state index contributed by atoms with van der Waals surface area (Å²) in [6.45, 7) is 2.22. The third-order valence-electron chi connectivity index (χ3n) is 4.57. The highest BCUT2D eigenvalue weighted by Gasteiger charge is 2.29. The third kappa shape index (κ3) is 3.43. The smallest absolute Gasteiger partial charge is 0.282 e. The monoisotopic (exact) mass is 382 g/mol. The van der Waals surface area contributed by atoms with Crippen LogP contribution in [-0.2, 0) is 14.8 Å². The fraction of sp³-hybridized carbons (Fsp3) is 0.200. The fourth-order valence-electron chi connectivity index (χ4n) is 3.20. The van der Waals surface area contributed by atoms with Crippen LogP contribution in [0.4, 0.5) is 0 Å². The molecule has 2 aromatic carbocycles. The number of carbonyl (C=O) groups excluding carboxylic acids is 1. The summed E-state index contributed by atoms with van der Waals surface area (Å²) in [5, 5.41) is 0. The maximum atomic E-state index is 12.9. The van der Waals surface area contributed by atoms with Crippen molar-refractivity contribution in [3.8, 4) is 0 Å². The predicted molar refractivity (Wildman–Crippen MR) is 101 cm³/mol. The number of sulfonamides is 1. The minimum absolute atomic E-state index is 0.119. The van der Waals surface area contributed by atoms with Crippen molar-refractivity contribution < 1.29 is 17.9 Å². The summed E-state index contributed by atoms with van der Waals surface area (Å²) in [6, 6.07) is 15.0. The Morgan fingerprint density at radius 3 is 2.22 bits per heavy atom. The van der Waals surface area contributed by atoms with E-state index >= 15 is 0 Å². The lowest BCUT2D eigenvalue weighted by Crippen LogP contribution is -2.39. The molecule has 0 atom stereocenters. The molecule has 4 rings (SSSR count). The molecule has 0 saturated carbocycles. The molecular formula is C20H18N2O4S. The van der Waals surface area contributed by atoms with E-state index in [2.05, 4.69) is 4.40 Å². The largest absolute Gasteiger partial charge is 0.378 e. The number of Topliss-reactive ketones (excluding diaryl/α,β-unsaturated/α-hetero) is 1. The Labute approximate surface area is 157 Å². The summed E-state index contributed by atoms with van der Waals surface area (Å²) in [7, 11) is -3.89. The van der Waals surface area contributed by atoms with E-state index in [1.807, 2.05) is 4.90 Å². The quantitative estimate of drug-likeness (QED) is 0.814. The van der Waals surface area contributed by atoms with Gasteiger partial charge in [-0.1, -0.05) is 42.5 Å². The van der Waals surface area contributed by atoms with Gasteiger partial charge in [0.1, 0.15) is 0 Å². The molecule has 7 heteroatoms. The van der Waals surface area contributed by atoms with Crippen molar-refractivity contribution in [2.45, 2.75) is 4.90 Å². The Balaban J connectivity index is 1.84. The zero-order chi connectivity index (χ0) is 18.9. The maximum absolute atomic E-state index is 12.9. The Kier molecular flexibility index (Phi) is 4.63. The van der Waals surface area contributed by atoms with E-state index in [0.717, 1.165) is 0 Å². The van der Waals surface area contributed by atoms with Crippen molar-refractivity contribution in [3.63, 3.8) is 0 Å². The molecule has 1 aliphatic carbocycles. The maximum Gasteiger partial charge on any atom is 0.282 e. The SMILES string of the molecule is O=C1C(N2CCOCC2)=C/C(=N\S(=O)(=O)c2ccccc2)c2ccccc21. The first kappa shape index (κ1) is 17.6. The summed E-state index contributed by atoms with van der Waals surface area (Å²) in [4.78, 5) is 15.0. The van der Waals surface area contributed by atoms with Crippen LogP contribution in [0.1, 0.15) is 15.9 Å². The number of benzene rings is 2. The minimum atomic E-state index is -3.89. The number of fused-ring (bicyclic) bond motifs is 1. The molecule has 0 unspecified atom stereocenters. The molecule has 0 N–H and O–H groups in total. The molecule has 0 spiro atoms. The summed E-state index contributed by atoms with van der Waals surface area (Å²) in [5.41, 5.74) is 1.72. The highest BCUT2D eigenvalue weighted by atomic mass is 32.2. The highest BCUT2D eigenvalue weighted by Crippen LogP contribution is 2.26. The Morgan fingerprint density at radius 1 is 0.889 bits per heavy atom. The van der Waals surface area contributed by atoms with Crippen molar-refractivity contribution in [3.05, 3.63) is 77.5 Å². The molecule has 138 valence electrons. The Hall–Kier alpha value is -2.77. The van der Waals surface area contributed by atoms with Gasteiger partial charge in [0.05, 0.1) is 29.5 Å². The van der Waals surface area contributed by atoms with Gasteiger partial charge in [0, 0.05) is 24.2 Å². The van der Waals surface area contributed by atoms with Crippen LogP contribution in [0.2, 0.25) is 0 Å². The van der Waals surface area contributed by atoms with Gasteiger partial charge < -0.3 is 9.64 Å². The topological polar surface area (TPSA) is 76.0 Å². The summed E-state index contributed by atoms with van der Waals surface area (Å²) >= 11 is 0. The number of carbonyl (C=O) groups is 1. The first-order chi connectivity index (χ1) is 13.1. The van der Waals surface area contributed by atoms with Crippen LogP contribution in [0.15, 0.2) is 75.7 Å². The van der Waals surface area contributed by atoms with E-state index in [4.69, 9.17) is 4.74 Å². The van der Waals surface area contributed by atoms with Crippen LogP contribution >= 0.6 is 0 Å². The van der Waals surface area contributed by atoms with Crippen LogP contribution in [0.3, 0.4) is 0 Å². The molecule has 0 aromatic heterocycles. The van der Waals surface area contributed by atoms with Gasteiger partial charge in [0.25, 0.3) is 10.0 Å². The lowest BCUT2D eigenvalue weighted by atomic mass is 9.91. The Bertz CT molecular complexity index is 1040. The van der Waals surface area contributed by atoms with Crippen molar-refractivity contribution in [1.29, 1.82) is 0 Å². The Morgan fingerprint density at radius 2 is 1.52 bits per heavy atom. The van der Waals surface area contributed by atoms with E-state index in [0.29, 0.717) is 43.1 Å². The first-order valence-electron chi connectivity index (χ1n) is 8.65. The molecule has 1 heterocycles. The van der Waals surface area contributed by atoms with Gasteiger partial charge in [-0.25, -0.2) is 0 Å². The summed E-state index contributed by atoms with van der Waals surface area (Å²) < 4.78 is 34.9. The van der Waals surface area contributed by atoms with Crippen LogP contribution in [0.5, 0.6) is 0 Å². The molecular weight excluding hydrogens is 364 g/mol. The van der Waals surface area contributed by atoms with Gasteiger partial charge in [0.15, 0.2) is 0 Å². The van der Waals surface area contributed by atoms with Crippen molar-refractivity contribution >= 4 is 21.5 Å². The van der Waals surface area contributed by atoms with Gasteiger partial charge in [-0.05, 0) is 18.2 Å². The number of allylic oxidation sites excluding steroid dienone is 2. The average Bonchev–Trinajstić information content (AvgIpc) is 2.71. The highest BCUT2D eigenvalue weighted by molar-refractivity contribution is 7.90. The number of hydrogen-bond acceptors (Lipinski definition) is 5. The molecule has 1 fully saturated rings. The predicted octanol–water partition coefficient (Wildman–Crippen LogP) is 2.28. The van der Waals surface area contributed by atoms with E-state index < -0.39 is 10.0 Å². The van der Waals surface area contributed by atoms with Crippen LogP contribution in [0, 0.1) is 0 Å². The van der Waals surface area contributed by atoms with Crippen molar-refractivity contribution in [2.24, 2.45) is 4.40 Å². The molecule has 2 aromatic rings. The van der Waals surface area contributed by atoms with Gasteiger partial charge in [-0.3, -0.25) is 4.79 Å². The molecule has 0 radical (unpaired) electrons. The zero-order valence-corrected chi connectivity index (χ0v) is 15.4. The lowest BCUT2D eigenvalue weighted by Gasteiger charge is -2.32. The van der Waals surface area contributed by atoms with Crippen molar-refractivity contribution in [1.82, 2.24) is 4.90 Å². The van der Waals surface area contributed by atoms with Gasteiger partial charge in [-0.15, -0.1) is 0 Å². The second-order valence-electron chi connectivity index (χ2n) is 6.27. The van der Waals surface area contributed by atoms with E-state index in [1.165, 1.54) is 12.1 Å². The second-order valence-corrected chi connectivity index (χ2v) is 7.87. The van der Waals surface area contributed by atoms with Gasteiger partial charge in [0.2, 0.25) is 5.78 Å². The van der Waals surface area contributed by atoms with Crippen LogP contribution in [0.25, 0.3) is 0 Å². The van der Waals surface area contributed by atoms with E-state index in [9.17, 15) is 13.2 Å². The first-order valence-corrected chi connectivity index (χ1v) is 10.1. The summed E-state index contributed by atoms with van der Waals surface area (Å²) in [5.74, 6) is -0.122. The molecule has 27 heavy (non-hydrogen) atoms.